The van der Waals surface area contributed by atoms with Gasteiger partial charge in [-0.05, 0) is 25.1 Å². The summed E-state index contributed by atoms with van der Waals surface area (Å²) in [5.74, 6) is -1.46. The van der Waals surface area contributed by atoms with Crippen LogP contribution in [0.15, 0.2) is 55.1 Å². The van der Waals surface area contributed by atoms with Crippen LogP contribution in [0.5, 0.6) is 0 Å². The lowest BCUT2D eigenvalue weighted by Gasteiger charge is -2.44. The minimum Gasteiger partial charge on any atom is -0.381 e. The summed E-state index contributed by atoms with van der Waals surface area (Å²) < 4.78 is 31.0. The summed E-state index contributed by atoms with van der Waals surface area (Å²) in [6.45, 7) is 4.66. The molecular weight excluding hydrogens is 446 g/mol. The molecule has 0 spiro atoms. The van der Waals surface area contributed by atoms with Crippen LogP contribution in [-0.2, 0) is 12.1 Å². The summed E-state index contributed by atoms with van der Waals surface area (Å²) in [4.78, 5) is 13.0. The van der Waals surface area contributed by atoms with E-state index in [-0.39, 0.29) is 12.1 Å². The Morgan fingerprint density at radius 3 is 2.61 bits per heavy atom. The number of fused-ring (bicyclic) bond motifs is 1. The van der Waals surface area contributed by atoms with Crippen LogP contribution in [-0.4, -0.2) is 62.0 Å². The lowest BCUT2D eigenvalue weighted by atomic mass is 9.85. The van der Waals surface area contributed by atoms with Gasteiger partial charge in [0.1, 0.15) is 29.9 Å². The largest absolute Gasteiger partial charge is 0.381 e. The Hall–Kier alpha value is -2.95. The zero-order valence-electron chi connectivity index (χ0n) is 18.1. The van der Waals surface area contributed by atoms with E-state index < -0.39 is 23.3 Å². The Morgan fingerprint density at radius 1 is 1.12 bits per heavy atom. The maximum Gasteiger partial charge on any atom is 0.186 e. The number of para-hydroxylation sites is 1. The van der Waals surface area contributed by atoms with Gasteiger partial charge < -0.3 is 10.0 Å². The quantitative estimate of drug-likeness (QED) is 0.467. The molecule has 1 saturated heterocycles. The number of hydrogen-bond acceptors (Lipinski definition) is 7. The van der Waals surface area contributed by atoms with Gasteiger partial charge in [0.05, 0.1) is 16.8 Å². The van der Waals surface area contributed by atoms with Gasteiger partial charge in [-0.2, -0.15) is 5.10 Å². The summed E-state index contributed by atoms with van der Waals surface area (Å²) in [5.41, 5.74) is -0.605. The fourth-order valence-electron chi connectivity index (χ4n) is 4.44. The van der Waals surface area contributed by atoms with Gasteiger partial charge in [0.15, 0.2) is 5.13 Å². The lowest BCUT2D eigenvalue weighted by molar-refractivity contribution is -0.0650. The third-order valence-corrected chi connectivity index (χ3v) is 7.47. The van der Waals surface area contributed by atoms with Crippen LogP contribution < -0.4 is 4.90 Å². The standard InChI is InChI=1S/C23H24F2N6OS/c1-16(23(32,13-31-15-26-14-27-31)18-7-6-17(24)12-19(18)25)29-8-10-30(11-9-29)22-28-20-4-2-3-5-21(20)33-22/h2-7,12,14-16,32H,8-11,13H2,1H3. The van der Waals surface area contributed by atoms with E-state index in [0.29, 0.717) is 13.1 Å². The molecule has 4 aromatic rings. The van der Waals surface area contributed by atoms with Crippen LogP contribution >= 0.6 is 11.3 Å². The third-order valence-electron chi connectivity index (χ3n) is 6.37. The van der Waals surface area contributed by atoms with Crippen LogP contribution in [0.2, 0.25) is 0 Å². The molecule has 3 heterocycles. The number of nitrogens with zero attached hydrogens (tertiary/aromatic N) is 6. The number of thiazole rings is 1. The van der Waals surface area contributed by atoms with Gasteiger partial charge in [-0.1, -0.05) is 29.5 Å². The van der Waals surface area contributed by atoms with Crippen LogP contribution in [0.4, 0.5) is 13.9 Å². The normalized spacial score (nSPS) is 17.9. The molecule has 7 nitrogen and oxygen atoms in total. The van der Waals surface area contributed by atoms with Gasteiger partial charge >= 0.3 is 0 Å². The molecule has 1 N–H and O–H groups in total. The van der Waals surface area contributed by atoms with Gasteiger partial charge in [-0.15, -0.1) is 0 Å². The molecule has 0 saturated carbocycles. The van der Waals surface area contributed by atoms with Crippen LogP contribution in [0, 0.1) is 11.6 Å². The van der Waals surface area contributed by atoms with Crippen LogP contribution in [0.25, 0.3) is 10.2 Å². The molecule has 2 atom stereocenters. The molecule has 2 aromatic carbocycles. The SMILES string of the molecule is CC(N1CCN(c2nc3ccccc3s2)CC1)C(O)(Cn1cncn1)c1ccc(F)cc1F. The third kappa shape index (κ3) is 4.21. The Kier molecular flexibility index (Phi) is 5.81. The number of aromatic nitrogens is 4. The van der Waals surface area contributed by atoms with Crippen molar-refractivity contribution >= 4 is 26.7 Å². The summed E-state index contributed by atoms with van der Waals surface area (Å²) in [6.07, 6.45) is 2.84. The highest BCUT2D eigenvalue weighted by molar-refractivity contribution is 7.22. The first kappa shape index (κ1) is 21.9. The average Bonchev–Trinajstić information content (AvgIpc) is 3.48. The van der Waals surface area contributed by atoms with E-state index in [1.807, 2.05) is 25.1 Å². The van der Waals surface area contributed by atoms with Crippen molar-refractivity contribution in [1.29, 1.82) is 0 Å². The van der Waals surface area contributed by atoms with Crippen molar-refractivity contribution in [3.05, 3.63) is 72.3 Å². The van der Waals surface area contributed by atoms with Gasteiger partial charge in [0.2, 0.25) is 0 Å². The molecular formula is C23H24F2N6OS. The Balaban J connectivity index is 1.37. The van der Waals surface area contributed by atoms with E-state index >= 15 is 0 Å². The van der Waals surface area contributed by atoms with Crippen molar-refractivity contribution in [3.63, 3.8) is 0 Å². The maximum absolute atomic E-state index is 14.8. The predicted molar refractivity (Wildman–Crippen MR) is 123 cm³/mol. The molecule has 5 rings (SSSR count). The zero-order chi connectivity index (χ0) is 23.0. The summed E-state index contributed by atoms with van der Waals surface area (Å²) >= 11 is 1.67. The fourth-order valence-corrected chi connectivity index (χ4v) is 5.46. The molecule has 0 aliphatic carbocycles. The number of anilines is 1. The van der Waals surface area contributed by atoms with Gasteiger partial charge in [0, 0.05) is 43.9 Å². The monoisotopic (exact) mass is 470 g/mol. The van der Waals surface area contributed by atoms with E-state index in [0.717, 1.165) is 34.5 Å². The fraction of sp³-hybridized carbons (Fsp3) is 0.348. The topological polar surface area (TPSA) is 70.3 Å². The molecule has 0 amide bonds. The number of piperazine rings is 1. The molecule has 0 radical (unpaired) electrons. The minimum absolute atomic E-state index is 0.00516. The first-order valence-electron chi connectivity index (χ1n) is 10.8. The predicted octanol–water partition coefficient (Wildman–Crippen LogP) is 3.26. The van der Waals surface area contributed by atoms with Crippen molar-refractivity contribution in [2.24, 2.45) is 0 Å². The van der Waals surface area contributed by atoms with E-state index in [1.54, 1.807) is 11.3 Å². The van der Waals surface area contributed by atoms with E-state index in [1.165, 1.54) is 29.5 Å². The Bertz CT molecular complexity index is 1210. The summed E-state index contributed by atoms with van der Waals surface area (Å²) in [6, 6.07) is 10.9. The second-order valence-electron chi connectivity index (χ2n) is 8.30. The second-order valence-corrected chi connectivity index (χ2v) is 9.31. The van der Waals surface area contributed by atoms with Gasteiger partial charge in [-0.3, -0.25) is 4.90 Å². The molecule has 172 valence electrons. The van der Waals surface area contributed by atoms with Gasteiger partial charge in [0.25, 0.3) is 0 Å². The van der Waals surface area contributed by atoms with Crippen molar-refractivity contribution in [2.75, 3.05) is 31.1 Å². The Morgan fingerprint density at radius 2 is 1.91 bits per heavy atom. The molecule has 1 aliphatic heterocycles. The number of rotatable bonds is 6. The maximum atomic E-state index is 14.8. The lowest BCUT2D eigenvalue weighted by Crippen LogP contribution is -2.57. The molecule has 33 heavy (non-hydrogen) atoms. The van der Waals surface area contributed by atoms with E-state index in [9.17, 15) is 13.9 Å². The number of hydrogen-bond donors (Lipinski definition) is 1. The number of benzene rings is 2. The average molecular weight is 471 g/mol. The number of aliphatic hydroxyl groups is 1. The number of halogens is 2. The first-order valence-corrected chi connectivity index (χ1v) is 11.6. The summed E-state index contributed by atoms with van der Waals surface area (Å²) in [5, 5.41) is 16.9. The van der Waals surface area contributed by atoms with Gasteiger partial charge in [-0.25, -0.2) is 23.4 Å². The zero-order valence-corrected chi connectivity index (χ0v) is 18.9. The highest BCUT2D eigenvalue weighted by atomic mass is 32.1. The van der Waals surface area contributed by atoms with Crippen molar-refractivity contribution in [3.8, 4) is 0 Å². The van der Waals surface area contributed by atoms with Crippen molar-refractivity contribution in [2.45, 2.75) is 25.1 Å². The molecule has 1 fully saturated rings. The first-order chi connectivity index (χ1) is 15.9. The molecule has 10 heteroatoms. The highest BCUT2D eigenvalue weighted by Gasteiger charge is 2.42. The van der Waals surface area contributed by atoms with Crippen molar-refractivity contribution < 1.29 is 13.9 Å². The highest BCUT2D eigenvalue weighted by Crippen LogP contribution is 2.34. The second kappa shape index (κ2) is 8.77. The van der Waals surface area contributed by atoms with E-state index in [2.05, 4.69) is 25.9 Å². The molecule has 2 aromatic heterocycles. The molecule has 1 aliphatic rings. The van der Waals surface area contributed by atoms with Crippen LogP contribution in [0.1, 0.15) is 12.5 Å². The Labute approximate surface area is 193 Å². The minimum atomic E-state index is -1.64. The molecule has 0 bridgehead atoms. The summed E-state index contributed by atoms with van der Waals surface area (Å²) in [7, 11) is 0. The molecule has 2 unspecified atom stereocenters. The smallest absolute Gasteiger partial charge is 0.186 e. The van der Waals surface area contributed by atoms with E-state index in [4.69, 9.17) is 4.98 Å². The van der Waals surface area contributed by atoms with Crippen LogP contribution in [0.3, 0.4) is 0 Å². The van der Waals surface area contributed by atoms with Crippen molar-refractivity contribution in [1.82, 2.24) is 24.6 Å².